The second kappa shape index (κ2) is 6.71. The molecular weight excluding hydrogens is 331 g/mol. The number of carbonyl (C=O) groups excluding carboxylic acids is 1. The minimum absolute atomic E-state index is 0.195. The van der Waals surface area contributed by atoms with Gasteiger partial charge in [0.25, 0.3) is 5.91 Å². The van der Waals surface area contributed by atoms with Gasteiger partial charge in [0.2, 0.25) is 10.7 Å². The molecule has 2 heterocycles. The first kappa shape index (κ1) is 16.0. The van der Waals surface area contributed by atoms with Crippen LogP contribution in [-0.4, -0.2) is 20.7 Å². The SMILES string of the molecule is Cn1cc(C(=O)Nc2nnc(Cc3cccc(F)c3)s2)ccc1=O. The molecule has 0 aliphatic carbocycles. The van der Waals surface area contributed by atoms with Crippen molar-refractivity contribution in [2.24, 2.45) is 7.05 Å². The Balaban J connectivity index is 1.70. The van der Waals surface area contributed by atoms with Crippen molar-refractivity contribution in [1.29, 1.82) is 0 Å². The van der Waals surface area contributed by atoms with Gasteiger partial charge in [-0.2, -0.15) is 0 Å². The largest absolute Gasteiger partial charge is 0.318 e. The Kier molecular flexibility index (Phi) is 4.48. The van der Waals surface area contributed by atoms with Crippen molar-refractivity contribution in [1.82, 2.24) is 14.8 Å². The van der Waals surface area contributed by atoms with Gasteiger partial charge in [-0.05, 0) is 23.8 Å². The zero-order valence-corrected chi connectivity index (χ0v) is 13.5. The van der Waals surface area contributed by atoms with Crippen LogP contribution in [0.5, 0.6) is 0 Å². The predicted octanol–water partition coefficient (Wildman–Crippen LogP) is 2.22. The second-order valence-electron chi connectivity index (χ2n) is 5.13. The summed E-state index contributed by atoms with van der Waals surface area (Å²) in [6, 6.07) is 9.02. The van der Waals surface area contributed by atoms with E-state index >= 15 is 0 Å². The van der Waals surface area contributed by atoms with Crippen molar-refractivity contribution < 1.29 is 9.18 Å². The molecule has 0 fully saturated rings. The molecule has 1 amide bonds. The van der Waals surface area contributed by atoms with Gasteiger partial charge in [0.15, 0.2) is 0 Å². The molecule has 6 nitrogen and oxygen atoms in total. The molecule has 24 heavy (non-hydrogen) atoms. The fourth-order valence-corrected chi connectivity index (χ4v) is 2.86. The summed E-state index contributed by atoms with van der Waals surface area (Å²) >= 11 is 1.22. The maximum atomic E-state index is 13.2. The highest BCUT2D eigenvalue weighted by molar-refractivity contribution is 7.15. The standard InChI is InChI=1S/C16H13FN4O2S/c1-21-9-11(5-6-14(21)22)15(23)18-16-20-19-13(24-16)8-10-3-2-4-12(17)7-10/h2-7,9H,8H2,1H3,(H,18,20,23). The molecule has 2 aromatic heterocycles. The Morgan fingerprint density at radius 3 is 2.88 bits per heavy atom. The highest BCUT2D eigenvalue weighted by atomic mass is 32.1. The average molecular weight is 344 g/mol. The zero-order chi connectivity index (χ0) is 17.1. The zero-order valence-electron chi connectivity index (χ0n) is 12.7. The number of hydrogen-bond acceptors (Lipinski definition) is 5. The van der Waals surface area contributed by atoms with E-state index in [1.54, 1.807) is 19.2 Å². The Morgan fingerprint density at radius 2 is 2.12 bits per heavy atom. The lowest BCUT2D eigenvalue weighted by atomic mass is 10.1. The number of anilines is 1. The molecule has 0 saturated carbocycles. The van der Waals surface area contributed by atoms with E-state index in [0.29, 0.717) is 22.1 Å². The van der Waals surface area contributed by atoms with Crippen LogP contribution in [0.4, 0.5) is 9.52 Å². The highest BCUT2D eigenvalue weighted by Crippen LogP contribution is 2.19. The number of hydrogen-bond donors (Lipinski definition) is 1. The maximum absolute atomic E-state index is 13.2. The summed E-state index contributed by atoms with van der Waals surface area (Å²) in [7, 11) is 1.57. The summed E-state index contributed by atoms with van der Waals surface area (Å²) in [6.45, 7) is 0. The van der Waals surface area contributed by atoms with Crippen LogP contribution in [0.2, 0.25) is 0 Å². The lowest BCUT2D eigenvalue weighted by Crippen LogP contribution is -2.19. The molecule has 3 rings (SSSR count). The van der Waals surface area contributed by atoms with E-state index in [9.17, 15) is 14.0 Å². The molecule has 0 aliphatic heterocycles. The van der Waals surface area contributed by atoms with Crippen molar-refractivity contribution in [2.45, 2.75) is 6.42 Å². The van der Waals surface area contributed by atoms with Crippen LogP contribution in [0.3, 0.4) is 0 Å². The minimum Gasteiger partial charge on any atom is -0.318 e. The molecule has 1 N–H and O–H groups in total. The van der Waals surface area contributed by atoms with Gasteiger partial charge in [-0.15, -0.1) is 10.2 Å². The second-order valence-corrected chi connectivity index (χ2v) is 6.19. The van der Waals surface area contributed by atoms with Gasteiger partial charge in [-0.1, -0.05) is 23.5 Å². The average Bonchev–Trinajstić information content (AvgIpc) is 2.97. The third kappa shape index (κ3) is 3.72. The van der Waals surface area contributed by atoms with Crippen molar-refractivity contribution in [3.63, 3.8) is 0 Å². The maximum Gasteiger partial charge on any atom is 0.258 e. The first-order valence-electron chi connectivity index (χ1n) is 7.06. The van der Waals surface area contributed by atoms with E-state index < -0.39 is 0 Å². The van der Waals surface area contributed by atoms with E-state index in [4.69, 9.17) is 0 Å². The number of halogens is 1. The quantitative estimate of drug-likeness (QED) is 0.787. The minimum atomic E-state index is -0.376. The number of carbonyl (C=O) groups is 1. The molecule has 122 valence electrons. The molecular formula is C16H13FN4O2S. The Morgan fingerprint density at radius 1 is 1.29 bits per heavy atom. The monoisotopic (exact) mass is 344 g/mol. The number of nitrogens with one attached hydrogen (secondary N) is 1. The van der Waals surface area contributed by atoms with Gasteiger partial charge in [-0.25, -0.2) is 4.39 Å². The van der Waals surface area contributed by atoms with E-state index in [0.717, 1.165) is 5.56 Å². The molecule has 0 radical (unpaired) electrons. The van der Waals surface area contributed by atoms with Crippen LogP contribution in [0.15, 0.2) is 47.4 Å². The Bertz CT molecular complexity index is 951. The van der Waals surface area contributed by atoms with E-state index in [2.05, 4.69) is 15.5 Å². The number of nitrogens with zero attached hydrogens (tertiary/aromatic N) is 3. The van der Waals surface area contributed by atoms with Gasteiger partial charge in [0, 0.05) is 25.7 Å². The number of rotatable bonds is 4. The van der Waals surface area contributed by atoms with Gasteiger partial charge in [-0.3, -0.25) is 14.9 Å². The summed E-state index contributed by atoms with van der Waals surface area (Å²) in [5.41, 5.74) is 0.931. The number of benzene rings is 1. The predicted molar refractivity (Wildman–Crippen MR) is 88.8 cm³/mol. The Labute approximate surface area is 140 Å². The first-order valence-corrected chi connectivity index (χ1v) is 7.88. The molecule has 0 saturated heterocycles. The lowest BCUT2D eigenvalue weighted by molar-refractivity contribution is 0.102. The smallest absolute Gasteiger partial charge is 0.258 e. The number of aryl methyl sites for hydroxylation is 1. The van der Waals surface area contributed by atoms with Crippen molar-refractivity contribution in [2.75, 3.05) is 5.32 Å². The van der Waals surface area contributed by atoms with E-state index in [-0.39, 0.29) is 17.3 Å². The van der Waals surface area contributed by atoms with Crippen molar-refractivity contribution in [3.8, 4) is 0 Å². The van der Waals surface area contributed by atoms with Gasteiger partial charge >= 0.3 is 0 Å². The highest BCUT2D eigenvalue weighted by Gasteiger charge is 2.11. The van der Waals surface area contributed by atoms with Crippen LogP contribution < -0.4 is 10.9 Å². The third-order valence-electron chi connectivity index (χ3n) is 3.28. The van der Waals surface area contributed by atoms with Crippen LogP contribution >= 0.6 is 11.3 Å². The van der Waals surface area contributed by atoms with Gasteiger partial charge in [0.05, 0.1) is 5.56 Å². The summed E-state index contributed by atoms with van der Waals surface area (Å²) in [6.07, 6.45) is 1.89. The fourth-order valence-electron chi connectivity index (χ4n) is 2.09. The third-order valence-corrected chi connectivity index (χ3v) is 4.12. The number of pyridine rings is 1. The molecule has 0 atom stereocenters. The summed E-state index contributed by atoms with van der Waals surface area (Å²) in [5, 5.41) is 11.6. The van der Waals surface area contributed by atoms with E-state index in [1.807, 2.05) is 0 Å². The van der Waals surface area contributed by atoms with Crippen LogP contribution in [-0.2, 0) is 13.5 Å². The van der Waals surface area contributed by atoms with Crippen LogP contribution in [0.25, 0.3) is 0 Å². The van der Waals surface area contributed by atoms with E-state index in [1.165, 1.54) is 46.4 Å². The molecule has 1 aromatic carbocycles. The topological polar surface area (TPSA) is 76.9 Å². The summed E-state index contributed by atoms with van der Waals surface area (Å²) < 4.78 is 14.5. The fraction of sp³-hybridized carbons (Fsp3) is 0.125. The number of aromatic nitrogens is 3. The molecule has 3 aromatic rings. The number of amides is 1. The van der Waals surface area contributed by atoms with Gasteiger partial charge in [0.1, 0.15) is 10.8 Å². The van der Waals surface area contributed by atoms with Crippen molar-refractivity contribution in [3.05, 3.63) is 74.9 Å². The summed E-state index contributed by atoms with van der Waals surface area (Å²) in [4.78, 5) is 23.5. The van der Waals surface area contributed by atoms with Crippen molar-refractivity contribution >= 4 is 22.4 Å². The van der Waals surface area contributed by atoms with Gasteiger partial charge < -0.3 is 4.57 Å². The lowest BCUT2D eigenvalue weighted by Gasteiger charge is -2.02. The normalized spacial score (nSPS) is 10.6. The molecule has 0 aliphatic rings. The molecule has 0 bridgehead atoms. The summed E-state index contributed by atoms with van der Waals surface area (Å²) in [5.74, 6) is -0.681. The first-order chi connectivity index (χ1) is 11.5. The molecule has 8 heteroatoms. The van der Waals surface area contributed by atoms with Crippen LogP contribution in [0.1, 0.15) is 20.9 Å². The molecule has 0 unspecified atom stereocenters. The van der Waals surface area contributed by atoms with Crippen LogP contribution in [0, 0.1) is 5.82 Å². The molecule has 0 spiro atoms. The Hall–Kier alpha value is -2.87.